The van der Waals surface area contributed by atoms with Gasteiger partial charge >= 0.3 is 5.97 Å². The van der Waals surface area contributed by atoms with Crippen molar-refractivity contribution in [2.45, 2.75) is 13.8 Å². The van der Waals surface area contributed by atoms with Gasteiger partial charge in [0.25, 0.3) is 0 Å². The van der Waals surface area contributed by atoms with Gasteiger partial charge in [-0.15, -0.1) is 12.1 Å². The zero-order valence-corrected chi connectivity index (χ0v) is 13.4. The number of carbonyl (C=O) groups excluding carboxylic acids is 1. The standard InChI is InChI=1S/C16H16BrN2O2/c1-10-3-8-14(11(2)9-10)16(20)21-19-15(18)12-4-6-13(17)7-5-12/h3-9,19H,18H2,1-2H3/q-1. The highest BCUT2D eigenvalue weighted by atomic mass is 79.9. The van der Waals surface area contributed by atoms with E-state index in [0.717, 1.165) is 21.2 Å². The normalized spacial score (nSPS) is 10.3. The molecule has 2 aromatic rings. The van der Waals surface area contributed by atoms with E-state index in [1.807, 2.05) is 50.2 Å². The molecule has 0 aromatic heterocycles. The minimum Gasteiger partial charge on any atom is -0.373 e. The van der Waals surface area contributed by atoms with E-state index in [9.17, 15) is 4.79 Å². The van der Waals surface area contributed by atoms with Gasteiger partial charge in [0.15, 0.2) is 0 Å². The van der Waals surface area contributed by atoms with Crippen molar-refractivity contribution in [3.63, 3.8) is 0 Å². The summed E-state index contributed by atoms with van der Waals surface area (Å²) in [5.41, 5.74) is 11.5. The van der Waals surface area contributed by atoms with Crippen LogP contribution in [-0.4, -0.2) is 5.97 Å². The lowest BCUT2D eigenvalue weighted by Gasteiger charge is -2.21. The Bertz CT molecular complexity index is 641. The highest BCUT2D eigenvalue weighted by Crippen LogP contribution is 2.14. The monoisotopic (exact) mass is 347 g/mol. The van der Waals surface area contributed by atoms with Crippen LogP contribution in [0.15, 0.2) is 46.9 Å². The number of hydroxylamine groups is 1. The molecule has 0 heterocycles. The van der Waals surface area contributed by atoms with E-state index in [0.29, 0.717) is 5.56 Å². The molecule has 0 bridgehead atoms. The average Bonchev–Trinajstić information content (AvgIpc) is 2.45. The van der Waals surface area contributed by atoms with Crippen molar-refractivity contribution in [3.8, 4) is 0 Å². The van der Waals surface area contributed by atoms with Gasteiger partial charge in [-0.1, -0.05) is 33.6 Å². The summed E-state index contributed by atoms with van der Waals surface area (Å²) in [5, 5.41) is 0. The highest BCUT2D eigenvalue weighted by Gasteiger charge is 2.11. The molecule has 0 fully saturated rings. The number of benzene rings is 2. The maximum absolute atomic E-state index is 12.0. The molecule has 0 unspecified atom stereocenters. The Balaban J connectivity index is 1.99. The molecule has 0 aliphatic heterocycles. The molecule has 2 aromatic carbocycles. The fourth-order valence-corrected chi connectivity index (χ4v) is 2.15. The molecular weight excluding hydrogens is 332 g/mol. The van der Waals surface area contributed by atoms with E-state index in [4.69, 9.17) is 10.6 Å². The highest BCUT2D eigenvalue weighted by molar-refractivity contribution is 9.10. The Labute approximate surface area is 132 Å². The Morgan fingerprint density at radius 2 is 1.86 bits per heavy atom. The lowest BCUT2D eigenvalue weighted by molar-refractivity contribution is 0.0279. The van der Waals surface area contributed by atoms with Crippen LogP contribution in [0.2, 0.25) is 0 Å². The predicted molar refractivity (Wildman–Crippen MR) is 85.1 cm³/mol. The van der Waals surface area contributed by atoms with Gasteiger partial charge in [-0.2, -0.15) is 23.2 Å². The van der Waals surface area contributed by atoms with Gasteiger partial charge in [0.1, 0.15) is 0 Å². The van der Waals surface area contributed by atoms with E-state index in [1.54, 1.807) is 6.07 Å². The Kier molecular flexibility index (Phi) is 5.01. The Morgan fingerprint density at radius 3 is 2.48 bits per heavy atom. The number of hydrogen-bond donors (Lipinski definition) is 2. The summed E-state index contributed by atoms with van der Waals surface area (Å²) in [4.78, 5) is 17.0. The number of rotatable bonds is 4. The lowest BCUT2D eigenvalue weighted by Crippen LogP contribution is -2.32. The third-order valence-corrected chi connectivity index (χ3v) is 3.54. The van der Waals surface area contributed by atoms with Crippen LogP contribution in [0.25, 0.3) is 0 Å². The summed E-state index contributed by atoms with van der Waals surface area (Å²) in [7, 11) is 0. The van der Waals surface area contributed by atoms with E-state index < -0.39 is 5.97 Å². The first-order chi connectivity index (χ1) is 9.97. The van der Waals surface area contributed by atoms with Crippen LogP contribution in [0.5, 0.6) is 0 Å². The minimum atomic E-state index is -0.465. The molecular formula is C16H16BrN2O2-. The van der Waals surface area contributed by atoms with Gasteiger partial charge in [0, 0.05) is 0 Å². The van der Waals surface area contributed by atoms with Crippen molar-refractivity contribution >= 4 is 21.9 Å². The van der Waals surface area contributed by atoms with Gasteiger partial charge in [-0.05, 0) is 36.1 Å². The number of nitrogens with one attached hydrogen (secondary N) is 1. The lowest BCUT2D eigenvalue weighted by atomic mass is 10.1. The molecule has 110 valence electrons. The molecule has 0 saturated heterocycles. The van der Waals surface area contributed by atoms with Gasteiger partial charge in [-0.3, -0.25) is 0 Å². The summed E-state index contributed by atoms with van der Waals surface area (Å²) >= 11 is 3.35. The number of aryl methyl sites for hydroxylation is 2. The molecule has 2 rings (SSSR count). The van der Waals surface area contributed by atoms with Crippen molar-refractivity contribution < 1.29 is 9.63 Å². The van der Waals surface area contributed by atoms with Crippen molar-refractivity contribution in [2.24, 2.45) is 5.73 Å². The zero-order valence-electron chi connectivity index (χ0n) is 11.8. The molecule has 0 amide bonds. The van der Waals surface area contributed by atoms with Gasteiger partial charge in [-0.25, -0.2) is 4.79 Å². The van der Waals surface area contributed by atoms with Crippen molar-refractivity contribution in [3.05, 3.63) is 75.4 Å². The number of halogens is 1. The molecule has 0 radical (unpaired) electrons. The number of carbonyl (C=O) groups is 1. The summed E-state index contributed by atoms with van der Waals surface area (Å²) in [5.74, 6) is -0.465. The first-order valence-corrected chi connectivity index (χ1v) is 7.19. The first kappa shape index (κ1) is 15.6. The second-order valence-electron chi connectivity index (χ2n) is 4.73. The molecule has 21 heavy (non-hydrogen) atoms. The maximum Gasteiger partial charge on any atom is 0.356 e. The van der Waals surface area contributed by atoms with Crippen molar-refractivity contribution in [2.75, 3.05) is 0 Å². The average molecular weight is 348 g/mol. The minimum absolute atomic E-state index is 0.278. The predicted octanol–water partition coefficient (Wildman–Crippen LogP) is 3.22. The zero-order chi connectivity index (χ0) is 15.4. The largest absolute Gasteiger partial charge is 0.373 e. The number of nitrogens with two attached hydrogens (primary N) is 1. The molecule has 0 aliphatic rings. The van der Waals surface area contributed by atoms with Crippen LogP contribution < -0.4 is 11.2 Å². The third kappa shape index (κ3) is 4.07. The molecule has 0 saturated carbocycles. The quantitative estimate of drug-likeness (QED) is 0.658. The fraction of sp³-hybridized carbons (Fsp3) is 0.125. The Hall–Kier alpha value is -1.82. The second-order valence-corrected chi connectivity index (χ2v) is 5.65. The van der Waals surface area contributed by atoms with E-state index in [2.05, 4.69) is 21.4 Å². The summed E-state index contributed by atoms with van der Waals surface area (Å²) in [6.07, 6.45) is 0.278. The van der Waals surface area contributed by atoms with Crippen LogP contribution in [0, 0.1) is 20.0 Å². The summed E-state index contributed by atoms with van der Waals surface area (Å²) in [6, 6.07) is 12.9. The van der Waals surface area contributed by atoms with Crippen LogP contribution in [-0.2, 0) is 4.84 Å². The van der Waals surface area contributed by atoms with Gasteiger partial charge in [0.2, 0.25) is 0 Å². The van der Waals surface area contributed by atoms with E-state index >= 15 is 0 Å². The summed E-state index contributed by atoms with van der Waals surface area (Å²) in [6.45, 7) is 3.84. The SMILES string of the molecule is Cc1ccc(C(=O)ON[C-](N)c2ccc(Br)cc2)c(C)c1. The topological polar surface area (TPSA) is 64.3 Å². The Morgan fingerprint density at radius 1 is 1.19 bits per heavy atom. The van der Waals surface area contributed by atoms with Crippen LogP contribution in [0.1, 0.15) is 27.0 Å². The van der Waals surface area contributed by atoms with Gasteiger partial charge in [0.05, 0.1) is 5.56 Å². The first-order valence-electron chi connectivity index (χ1n) is 6.40. The van der Waals surface area contributed by atoms with Crippen LogP contribution in [0.4, 0.5) is 0 Å². The van der Waals surface area contributed by atoms with E-state index in [1.165, 1.54) is 0 Å². The molecule has 3 N–H and O–H groups in total. The molecule has 0 atom stereocenters. The van der Waals surface area contributed by atoms with Crippen LogP contribution in [0.3, 0.4) is 0 Å². The molecule has 0 spiro atoms. The smallest absolute Gasteiger partial charge is 0.356 e. The number of hydrogen-bond acceptors (Lipinski definition) is 4. The fourth-order valence-electron chi connectivity index (χ4n) is 1.89. The molecule has 0 aliphatic carbocycles. The van der Waals surface area contributed by atoms with E-state index in [-0.39, 0.29) is 6.17 Å². The molecule has 5 heteroatoms. The third-order valence-electron chi connectivity index (χ3n) is 3.01. The van der Waals surface area contributed by atoms with Crippen LogP contribution >= 0.6 is 15.9 Å². The maximum atomic E-state index is 12.0. The summed E-state index contributed by atoms with van der Waals surface area (Å²) < 4.78 is 0.950. The molecule has 4 nitrogen and oxygen atoms in total. The second kappa shape index (κ2) is 6.76. The van der Waals surface area contributed by atoms with Crippen molar-refractivity contribution in [1.29, 1.82) is 0 Å². The van der Waals surface area contributed by atoms with Gasteiger partial charge < -0.3 is 10.6 Å². The van der Waals surface area contributed by atoms with Crippen molar-refractivity contribution in [1.82, 2.24) is 5.48 Å².